The number of hydrogen-bond acceptors (Lipinski definition) is 5. The summed E-state index contributed by atoms with van der Waals surface area (Å²) >= 11 is 3.54. The highest BCUT2D eigenvalue weighted by Crippen LogP contribution is 2.60. The average Bonchev–Trinajstić information content (AvgIpc) is 3.31. The zero-order chi connectivity index (χ0) is 28.1. The third-order valence-electron chi connectivity index (χ3n) is 8.02. The van der Waals surface area contributed by atoms with Gasteiger partial charge in [-0.3, -0.25) is 14.2 Å². The first-order valence-corrected chi connectivity index (χ1v) is 16.7. The molecule has 1 spiro atoms. The monoisotopic (exact) mass is 614 g/mol. The van der Waals surface area contributed by atoms with E-state index in [1.165, 1.54) is 11.7 Å². The van der Waals surface area contributed by atoms with Crippen molar-refractivity contribution in [3.8, 4) is 11.4 Å². The molecule has 0 unspecified atom stereocenters. The summed E-state index contributed by atoms with van der Waals surface area (Å²) in [7, 11) is -1.79. The average molecular weight is 616 g/mol. The van der Waals surface area contributed by atoms with Crippen molar-refractivity contribution in [3.05, 3.63) is 86.7 Å². The summed E-state index contributed by atoms with van der Waals surface area (Å²) in [4.78, 5) is 28.6. The molecule has 0 radical (unpaired) electrons. The van der Waals surface area contributed by atoms with Crippen molar-refractivity contribution in [2.24, 2.45) is 5.92 Å². The Kier molecular flexibility index (Phi) is 7.34. The molecule has 2 aliphatic rings. The van der Waals surface area contributed by atoms with Crippen LogP contribution in [0.15, 0.2) is 70.1 Å². The lowest BCUT2D eigenvalue weighted by molar-refractivity contribution is -0.146. The molecule has 1 fully saturated rings. The van der Waals surface area contributed by atoms with E-state index in [2.05, 4.69) is 15.9 Å². The van der Waals surface area contributed by atoms with Gasteiger partial charge in [0, 0.05) is 40.0 Å². The number of aliphatic hydroxyl groups excluding tert-OH is 1. The molecule has 2 aliphatic heterocycles. The van der Waals surface area contributed by atoms with Gasteiger partial charge in [-0.1, -0.05) is 35.0 Å². The first kappa shape index (κ1) is 27.8. The van der Waals surface area contributed by atoms with Crippen LogP contribution in [0.3, 0.4) is 0 Å². The third-order valence-corrected chi connectivity index (χ3v) is 11.0. The Morgan fingerprint density at radius 3 is 2.51 bits per heavy atom. The van der Waals surface area contributed by atoms with E-state index in [1.54, 1.807) is 36.3 Å². The molecule has 1 saturated heterocycles. The van der Waals surface area contributed by atoms with Crippen molar-refractivity contribution in [2.75, 3.05) is 18.6 Å². The molecule has 10 heteroatoms. The topological polar surface area (TPSA) is 81.0 Å². The standard InChI is InChI=1S/C29H32BrFN2O5Si/c1-18-26(39(3,4)31)24(13-15-34)38-29(18)22-16-20(30)9-12-23(22)33(28(29)36)17-19-7-10-21(11-8-19)32-14-5-6-25(37-2)27(32)35/h5-12,14,16,18,24,26,34H,13,15,17H2,1-4H3/t18-,24+,26-,29+/m1/s1. The van der Waals surface area contributed by atoms with Crippen molar-refractivity contribution < 1.29 is 23.5 Å². The van der Waals surface area contributed by atoms with Crippen LogP contribution in [0.25, 0.3) is 5.69 Å². The molecule has 4 atom stereocenters. The molecule has 0 aliphatic carbocycles. The fourth-order valence-electron chi connectivity index (χ4n) is 6.35. The van der Waals surface area contributed by atoms with Crippen molar-refractivity contribution >= 4 is 35.9 Å². The first-order valence-electron chi connectivity index (χ1n) is 13.0. The predicted molar refractivity (Wildman–Crippen MR) is 154 cm³/mol. The molecule has 0 saturated carbocycles. The van der Waals surface area contributed by atoms with Gasteiger partial charge in [0.1, 0.15) is 0 Å². The molecular weight excluding hydrogens is 583 g/mol. The van der Waals surface area contributed by atoms with E-state index in [0.717, 1.165) is 21.3 Å². The number of aromatic nitrogens is 1. The molecule has 1 aromatic heterocycles. The lowest BCUT2D eigenvalue weighted by atomic mass is 9.82. The Balaban J connectivity index is 1.51. The van der Waals surface area contributed by atoms with Crippen molar-refractivity contribution in [3.63, 3.8) is 0 Å². The van der Waals surface area contributed by atoms with Gasteiger partial charge in [-0.15, -0.1) is 0 Å². The summed E-state index contributed by atoms with van der Waals surface area (Å²) in [6, 6.07) is 16.4. The van der Waals surface area contributed by atoms with Crippen LogP contribution in [0, 0.1) is 5.92 Å². The van der Waals surface area contributed by atoms with Crippen LogP contribution in [-0.4, -0.2) is 43.8 Å². The first-order chi connectivity index (χ1) is 18.5. The number of halogens is 2. The number of amides is 1. The second-order valence-electron chi connectivity index (χ2n) is 10.8. The second-order valence-corrected chi connectivity index (χ2v) is 15.5. The fraction of sp³-hybridized carbons (Fsp3) is 0.379. The Morgan fingerprint density at radius 2 is 1.87 bits per heavy atom. The van der Waals surface area contributed by atoms with Gasteiger partial charge in [0.25, 0.3) is 11.5 Å². The van der Waals surface area contributed by atoms with Crippen molar-refractivity contribution in [1.82, 2.24) is 4.57 Å². The molecule has 5 rings (SSSR count). The largest absolute Gasteiger partial charge is 0.491 e. The Morgan fingerprint density at radius 1 is 1.15 bits per heavy atom. The molecule has 3 aromatic rings. The zero-order valence-electron chi connectivity index (χ0n) is 22.4. The minimum Gasteiger partial charge on any atom is -0.491 e. The molecular formula is C29H32BrFN2O5Si. The molecule has 39 heavy (non-hydrogen) atoms. The number of methoxy groups -OCH3 is 1. The van der Waals surface area contributed by atoms with Crippen molar-refractivity contribution in [1.29, 1.82) is 0 Å². The van der Waals surface area contributed by atoms with E-state index in [1.807, 2.05) is 49.4 Å². The molecule has 0 bridgehead atoms. The van der Waals surface area contributed by atoms with Crippen LogP contribution >= 0.6 is 15.9 Å². The number of ether oxygens (including phenoxy) is 2. The second kappa shape index (κ2) is 10.3. The minimum atomic E-state index is -3.25. The van der Waals surface area contributed by atoms with Crippen LogP contribution in [0.2, 0.25) is 18.6 Å². The summed E-state index contributed by atoms with van der Waals surface area (Å²) in [5, 5.41) is 9.71. The Labute approximate surface area is 236 Å². The van der Waals surface area contributed by atoms with E-state index in [-0.39, 0.29) is 36.8 Å². The van der Waals surface area contributed by atoms with Crippen LogP contribution in [0.1, 0.15) is 24.5 Å². The smallest absolute Gasteiger partial charge is 0.297 e. The zero-order valence-corrected chi connectivity index (χ0v) is 24.9. The number of carbonyl (C=O) groups excluding carboxylic acids is 1. The Hall–Kier alpha value is -2.79. The number of nitrogens with zero attached hydrogens (tertiary/aromatic N) is 2. The molecule has 206 valence electrons. The van der Waals surface area contributed by atoms with E-state index in [9.17, 15) is 14.7 Å². The van der Waals surface area contributed by atoms with Crippen molar-refractivity contribution in [2.45, 2.75) is 50.2 Å². The van der Waals surface area contributed by atoms with Crippen LogP contribution in [-0.2, 0) is 21.7 Å². The summed E-state index contributed by atoms with van der Waals surface area (Å²) in [5.74, 6) is -0.381. The number of rotatable bonds is 7. The lowest BCUT2D eigenvalue weighted by Gasteiger charge is -2.31. The SMILES string of the molecule is COc1cccn(-c2ccc(CN3C(=O)[C@@]4(O[C@@H](CCO)[C@H]([Si](C)(C)F)[C@H]4C)c4cc(Br)ccc43)cc2)c1=O. The molecule has 7 nitrogen and oxygen atoms in total. The van der Waals surface area contributed by atoms with Crippen LogP contribution < -0.4 is 15.2 Å². The summed E-state index contributed by atoms with van der Waals surface area (Å²) in [6.45, 7) is 5.35. The molecule has 1 N–H and O–H groups in total. The number of benzene rings is 2. The van der Waals surface area contributed by atoms with Gasteiger partial charge in [0.15, 0.2) is 11.4 Å². The van der Waals surface area contributed by atoms with Gasteiger partial charge < -0.3 is 23.6 Å². The molecule has 3 heterocycles. The van der Waals surface area contributed by atoms with E-state index < -0.39 is 31.6 Å². The van der Waals surface area contributed by atoms with Gasteiger partial charge in [-0.25, -0.2) is 0 Å². The van der Waals surface area contributed by atoms with Gasteiger partial charge in [0.05, 0.1) is 25.4 Å². The fourth-order valence-corrected chi connectivity index (χ4v) is 9.25. The van der Waals surface area contributed by atoms with Gasteiger partial charge in [0.2, 0.25) is 8.41 Å². The number of fused-ring (bicyclic) bond motifs is 2. The third kappa shape index (κ3) is 4.57. The maximum atomic E-state index is 15.6. The normalized spacial score (nSPS) is 24.4. The Bertz CT molecular complexity index is 1460. The van der Waals surface area contributed by atoms with Gasteiger partial charge in [-0.05, 0) is 67.5 Å². The highest BCUT2D eigenvalue weighted by Gasteiger charge is 2.66. The highest BCUT2D eigenvalue weighted by molar-refractivity contribution is 9.10. The number of aliphatic hydroxyl groups is 1. The van der Waals surface area contributed by atoms with Gasteiger partial charge >= 0.3 is 0 Å². The van der Waals surface area contributed by atoms with E-state index in [4.69, 9.17) is 9.47 Å². The lowest BCUT2D eigenvalue weighted by Crippen LogP contribution is -2.45. The number of carbonyl (C=O) groups is 1. The maximum Gasteiger partial charge on any atom is 0.297 e. The summed E-state index contributed by atoms with van der Waals surface area (Å²) in [6.07, 6.45) is 1.40. The molecule has 2 aromatic carbocycles. The highest BCUT2D eigenvalue weighted by atomic mass is 79.9. The number of hydrogen-bond donors (Lipinski definition) is 1. The van der Waals surface area contributed by atoms with Crippen LogP contribution in [0.5, 0.6) is 5.75 Å². The predicted octanol–water partition coefficient (Wildman–Crippen LogP) is 5.31. The number of pyridine rings is 1. The van der Waals surface area contributed by atoms with E-state index in [0.29, 0.717) is 5.69 Å². The number of anilines is 1. The molecule has 1 amide bonds. The summed E-state index contributed by atoms with van der Waals surface area (Å²) in [5.41, 5.74) is 0.955. The maximum absolute atomic E-state index is 15.6. The summed E-state index contributed by atoms with van der Waals surface area (Å²) < 4.78 is 29.7. The minimum absolute atomic E-state index is 0.138. The van der Waals surface area contributed by atoms with E-state index >= 15 is 4.11 Å². The van der Waals surface area contributed by atoms with Crippen LogP contribution in [0.4, 0.5) is 9.80 Å². The van der Waals surface area contributed by atoms with Gasteiger partial charge in [-0.2, -0.15) is 0 Å². The quantitative estimate of drug-likeness (QED) is 0.288.